The number of rotatable bonds is 2. The molecule has 4 nitrogen and oxygen atoms in total. The van der Waals surface area contributed by atoms with Crippen molar-refractivity contribution in [2.24, 2.45) is 0 Å². The first-order valence-corrected chi connectivity index (χ1v) is 8.00. The van der Waals surface area contributed by atoms with Crippen molar-refractivity contribution in [1.29, 1.82) is 0 Å². The van der Waals surface area contributed by atoms with E-state index < -0.39 is 11.9 Å². The number of nitrogens with zero attached hydrogens (tertiary/aromatic N) is 3. The number of thiophene rings is 1. The molecule has 1 aliphatic heterocycles. The first-order chi connectivity index (χ1) is 10.9. The van der Waals surface area contributed by atoms with Crippen LogP contribution < -0.4 is 4.90 Å². The summed E-state index contributed by atoms with van der Waals surface area (Å²) in [4.78, 5) is 19.4. The summed E-state index contributed by atoms with van der Waals surface area (Å²) in [6.45, 7) is 1.85. The lowest BCUT2D eigenvalue weighted by Crippen LogP contribution is -2.49. The number of amides is 1. The van der Waals surface area contributed by atoms with Crippen molar-refractivity contribution in [1.82, 2.24) is 9.88 Å². The van der Waals surface area contributed by atoms with Crippen LogP contribution in [0.4, 0.5) is 19.0 Å². The van der Waals surface area contributed by atoms with Crippen LogP contribution in [0, 0.1) is 0 Å². The lowest BCUT2D eigenvalue weighted by Gasteiger charge is -2.35. The Balaban J connectivity index is 1.66. The summed E-state index contributed by atoms with van der Waals surface area (Å²) in [5, 5.41) is 3.64. The molecule has 0 aliphatic carbocycles. The minimum Gasteiger partial charge on any atom is -0.353 e. The minimum absolute atomic E-state index is 0.0390. The van der Waals surface area contributed by atoms with Gasteiger partial charge in [-0.05, 0) is 23.6 Å². The molecule has 0 spiro atoms. The standard InChI is InChI=1S/C15H14F3N3OS/c16-15(17,18)12-2-1-3-13(19-12)20-5-7-21(8-6-20)14(22)11-4-9-23-10-11/h1-4,9-10H,5-8H2. The van der Waals surface area contributed by atoms with Crippen LogP contribution in [-0.4, -0.2) is 42.0 Å². The molecular formula is C15H14F3N3OS. The van der Waals surface area contributed by atoms with Gasteiger partial charge in [0.1, 0.15) is 11.5 Å². The number of carbonyl (C=O) groups is 1. The fourth-order valence-electron chi connectivity index (χ4n) is 2.46. The summed E-state index contributed by atoms with van der Waals surface area (Å²) in [6, 6.07) is 5.65. The molecule has 2 aromatic rings. The lowest BCUT2D eigenvalue weighted by atomic mass is 10.2. The Bertz CT molecular complexity index is 680. The first-order valence-electron chi connectivity index (χ1n) is 7.06. The molecule has 8 heteroatoms. The van der Waals surface area contributed by atoms with E-state index in [1.807, 2.05) is 5.38 Å². The van der Waals surface area contributed by atoms with E-state index in [9.17, 15) is 18.0 Å². The van der Waals surface area contributed by atoms with Crippen molar-refractivity contribution in [3.8, 4) is 0 Å². The maximum atomic E-state index is 12.7. The highest BCUT2D eigenvalue weighted by molar-refractivity contribution is 7.08. The second-order valence-corrected chi connectivity index (χ2v) is 5.95. The molecule has 23 heavy (non-hydrogen) atoms. The number of pyridine rings is 1. The number of piperazine rings is 1. The highest BCUT2D eigenvalue weighted by Crippen LogP contribution is 2.29. The Hall–Kier alpha value is -2.09. The van der Waals surface area contributed by atoms with Gasteiger partial charge in [0.2, 0.25) is 0 Å². The Morgan fingerprint density at radius 2 is 1.87 bits per heavy atom. The van der Waals surface area contributed by atoms with Gasteiger partial charge in [-0.25, -0.2) is 4.98 Å². The maximum absolute atomic E-state index is 12.7. The fourth-order valence-corrected chi connectivity index (χ4v) is 3.09. The molecule has 0 bridgehead atoms. The van der Waals surface area contributed by atoms with E-state index in [2.05, 4.69) is 4.98 Å². The minimum atomic E-state index is -4.45. The molecule has 3 rings (SSSR count). The van der Waals surface area contributed by atoms with Crippen LogP contribution in [0.1, 0.15) is 16.1 Å². The smallest absolute Gasteiger partial charge is 0.353 e. The molecule has 1 fully saturated rings. The summed E-state index contributed by atoms with van der Waals surface area (Å²) in [5.74, 6) is 0.255. The van der Waals surface area contributed by atoms with Crippen LogP contribution in [0.3, 0.4) is 0 Å². The van der Waals surface area contributed by atoms with Gasteiger partial charge in [0.25, 0.3) is 5.91 Å². The third-order valence-electron chi connectivity index (χ3n) is 3.68. The molecule has 2 aromatic heterocycles. The van der Waals surface area contributed by atoms with E-state index in [1.165, 1.54) is 17.4 Å². The Morgan fingerprint density at radius 3 is 2.48 bits per heavy atom. The van der Waals surface area contributed by atoms with Crippen molar-refractivity contribution in [3.63, 3.8) is 0 Å². The number of hydrogen-bond acceptors (Lipinski definition) is 4. The monoisotopic (exact) mass is 341 g/mol. The van der Waals surface area contributed by atoms with Crippen LogP contribution >= 0.6 is 11.3 Å². The third kappa shape index (κ3) is 3.47. The van der Waals surface area contributed by atoms with E-state index >= 15 is 0 Å². The van der Waals surface area contributed by atoms with Gasteiger partial charge in [0.15, 0.2) is 0 Å². The van der Waals surface area contributed by atoms with Crippen molar-refractivity contribution < 1.29 is 18.0 Å². The molecule has 1 saturated heterocycles. The van der Waals surface area contributed by atoms with E-state index in [-0.39, 0.29) is 5.91 Å². The first kappa shape index (κ1) is 15.8. The number of alkyl halides is 3. The molecule has 0 atom stereocenters. The van der Waals surface area contributed by atoms with Crippen molar-refractivity contribution >= 4 is 23.1 Å². The lowest BCUT2D eigenvalue weighted by molar-refractivity contribution is -0.141. The predicted octanol–water partition coefficient (Wildman–Crippen LogP) is 3.12. The van der Waals surface area contributed by atoms with Crippen molar-refractivity contribution in [3.05, 3.63) is 46.3 Å². The summed E-state index contributed by atoms with van der Waals surface area (Å²) >= 11 is 1.46. The highest BCUT2D eigenvalue weighted by Gasteiger charge is 2.33. The number of anilines is 1. The number of aromatic nitrogens is 1. The average Bonchev–Trinajstić information content (AvgIpc) is 3.08. The second-order valence-electron chi connectivity index (χ2n) is 5.17. The molecule has 0 N–H and O–H groups in total. The molecule has 1 aliphatic rings. The molecule has 0 saturated carbocycles. The van der Waals surface area contributed by atoms with Gasteiger partial charge in [-0.15, -0.1) is 0 Å². The molecule has 3 heterocycles. The largest absolute Gasteiger partial charge is 0.433 e. The van der Waals surface area contributed by atoms with Crippen LogP contribution in [0.25, 0.3) is 0 Å². The topological polar surface area (TPSA) is 36.4 Å². The Morgan fingerprint density at radius 1 is 1.13 bits per heavy atom. The van der Waals surface area contributed by atoms with E-state index in [1.54, 1.807) is 27.3 Å². The average molecular weight is 341 g/mol. The van der Waals surface area contributed by atoms with Crippen LogP contribution in [0.2, 0.25) is 0 Å². The SMILES string of the molecule is O=C(c1ccsc1)N1CCN(c2cccc(C(F)(F)F)n2)CC1. The molecule has 0 radical (unpaired) electrons. The molecule has 0 unspecified atom stereocenters. The van der Waals surface area contributed by atoms with Gasteiger partial charge in [0, 0.05) is 31.6 Å². The summed E-state index contributed by atoms with van der Waals surface area (Å²) in [5.41, 5.74) is -0.243. The van der Waals surface area contributed by atoms with Gasteiger partial charge < -0.3 is 9.80 Å². The molecule has 122 valence electrons. The Kier molecular flexibility index (Phi) is 4.25. The van der Waals surface area contributed by atoms with Crippen LogP contribution in [0.5, 0.6) is 0 Å². The zero-order valence-corrected chi connectivity index (χ0v) is 12.9. The normalized spacial score (nSPS) is 15.8. The Labute approximate surface area is 135 Å². The van der Waals surface area contributed by atoms with Gasteiger partial charge >= 0.3 is 6.18 Å². The van der Waals surface area contributed by atoms with Gasteiger partial charge in [0.05, 0.1) is 5.56 Å². The molecule has 1 amide bonds. The van der Waals surface area contributed by atoms with Crippen LogP contribution in [-0.2, 0) is 6.18 Å². The van der Waals surface area contributed by atoms with Gasteiger partial charge in [-0.2, -0.15) is 24.5 Å². The summed E-state index contributed by atoms with van der Waals surface area (Å²) in [6.07, 6.45) is -4.45. The second kappa shape index (κ2) is 6.19. The van der Waals surface area contributed by atoms with Gasteiger partial charge in [-0.1, -0.05) is 6.07 Å². The number of halogens is 3. The zero-order valence-electron chi connectivity index (χ0n) is 12.1. The summed E-state index contributed by atoms with van der Waals surface area (Å²) < 4.78 is 38.2. The zero-order chi connectivity index (χ0) is 16.4. The van der Waals surface area contributed by atoms with E-state index in [0.717, 1.165) is 6.07 Å². The quantitative estimate of drug-likeness (QED) is 0.842. The predicted molar refractivity (Wildman–Crippen MR) is 81.7 cm³/mol. The van der Waals surface area contributed by atoms with Crippen molar-refractivity contribution in [2.75, 3.05) is 31.1 Å². The number of hydrogen-bond donors (Lipinski definition) is 0. The fraction of sp³-hybridized carbons (Fsp3) is 0.333. The van der Waals surface area contributed by atoms with Gasteiger partial charge in [-0.3, -0.25) is 4.79 Å². The molecule has 0 aromatic carbocycles. The summed E-state index contributed by atoms with van der Waals surface area (Å²) in [7, 11) is 0. The van der Waals surface area contributed by atoms with Crippen molar-refractivity contribution in [2.45, 2.75) is 6.18 Å². The highest BCUT2D eigenvalue weighted by atomic mass is 32.1. The molecular weight excluding hydrogens is 327 g/mol. The van der Waals surface area contributed by atoms with E-state index in [0.29, 0.717) is 37.6 Å². The number of carbonyl (C=O) groups excluding carboxylic acids is 1. The maximum Gasteiger partial charge on any atom is 0.433 e. The van der Waals surface area contributed by atoms with E-state index in [4.69, 9.17) is 0 Å². The van der Waals surface area contributed by atoms with Crippen LogP contribution in [0.15, 0.2) is 35.0 Å². The third-order valence-corrected chi connectivity index (χ3v) is 4.37.